The lowest BCUT2D eigenvalue weighted by atomic mass is 9.91. The summed E-state index contributed by atoms with van der Waals surface area (Å²) in [7, 11) is 0. The van der Waals surface area contributed by atoms with E-state index in [9.17, 15) is 15.0 Å². The van der Waals surface area contributed by atoms with E-state index >= 15 is 0 Å². The Morgan fingerprint density at radius 2 is 0.554 bits per heavy atom. The van der Waals surface area contributed by atoms with Crippen molar-refractivity contribution in [2.24, 2.45) is 23.7 Å². The molecular formula is C80H156O3. The highest BCUT2D eigenvalue weighted by molar-refractivity contribution is 5.70. The highest BCUT2D eigenvalue weighted by Gasteiger charge is 2.35. The zero-order valence-electron chi connectivity index (χ0n) is 57.6. The van der Waals surface area contributed by atoms with E-state index in [1.165, 1.54) is 385 Å². The van der Waals surface area contributed by atoms with Crippen molar-refractivity contribution in [1.29, 1.82) is 0 Å². The number of allylic oxidation sites excluding steroid dienone is 2. The van der Waals surface area contributed by atoms with Gasteiger partial charge in [-0.05, 0) is 56.3 Å². The summed E-state index contributed by atoms with van der Waals surface area (Å²) in [6.45, 7) is 7.04. The lowest BCUT2D eigenvalue weighted by Crippen LogP contribution is -2.28. The quantitative estimate of drug-likeness (QED) is 0.0471. The third-order valence-corrected chi connectivity index (χ3v) is 20.2. The number of aliphatic hydroxyl groups excluding tert-OH is 1. The van der Waals surface area contributed by atoms with Gasteiger partial charge >= 0.3 is 5.97 Å². The number of carboxylic acid groups (broad SMARTS) is 1. The van der Waals surface area contributed by atoms with Crippen molar-refractivity contribution < 1.29 is 15.0 Å². The molecule has 1 aliphatic rings. The van der Waals surface area contributed by atoms with Crippen LogP contribution in [0.1, 0.15) is 464 Å². The molecule has 0 bridgehead atoms. The van der Waals surface area contributed by atoms with Crippen LogP contribution < -0.4 is 0 Å². The van der Waals surface area contributed by atoms with Gasteiger partial charge in [-0.2, -0.15) is 0 Å². The molecule has 0 amide bonds. The predicted octanol–water partition coefficient (Wildman–Crippen LogP) is 28.4. The van der Waals surface area contributed by atoms with E-state index in [0.29, 0.717) is 12.8 Å². The molecule has 5 unspecified atom stereocenters. The summed E-state index contributed by atoms with van der Waals surface area (Å²) in [6, 6.07) is 0. The van der Waals surface area contributed by atoms with Crippen molar-refractivity contribution in [2.45, 2.75) is 470 Å². The number of rotatable bonds is 73. The van der Waals surface area contributed by atoms with Crippen molar-refractivity contribution in [3.05, 3.63) is 12.2 Å². The van der Waals surface area contributed by atoms with Crippen molar-refractivity contribution in [2.75, 3.05) is 0 Å². The molecule has 5 atom stereocenters. The Bertz CT molecular complexity index is 1260. The Balaban J connectivity index is 1.75. The van der Waals surface area contributed by atoms with Crippen LogP contribution in [0.25, 0.3) is 0 Å². The van der Waals surface area contributed by atoms with Crippen molar-refractivity contribution in [3.8, 4) is 0 Å². The van der Waals surface area contributed by atoms with E-state index in [-0.39, 0.29) is 0 Å². The largest absolute Gasteiger partial charge is 0.481 e. The van der Waals surface area contributed by atoms with Crippen LogP contribution in [0.15, 0.2) is 12.2 Å². The van der Waals surface area contributed by atoms with Crippen LogP contribution in [-0.4, -0.2) is 22.3 Å². The summed E-state index contributed by atoms with van der Waals surface area (Å²) in [5.74, 6) is 1.59. The number of carbonyl (C=O) groups is 1. The molecule has 3 nitrogen and oxygen atoms in total. The van der Waals surface area contributed by atoms with Gasteiger partial charge in [-0.15, -0.1) is 0 Å². The van der Waals surface area contributed by atoms with Crippen LogP contribution >= 0.6 is 0 Å². The minimum absolute atomic E-state index is 0.584. The molecule has 494 valence electrons. The molecule has 0 aromatic heterocycles. The summed E-state index contributed by atoms with van der Waals surface area (Å²) in [5.41, 5.74) is 0. The Morgan fingerprint density at radius 3 is 0.831 bits per heavy atom. The van der Waals surface area contributed by atoms with Crippen molar-refractivity contribution in [1.82, 2.24) is 0 Å². The molecule has 0 aliphatic heterocycles. The van der Waals surface area contributed by atoms with E-state index in [0.717, 1.165) is 43.4 Å². The fraction of sp³-hybridized carbons (Fsp3) is 0.963. The average molecular weight is 1170 g/mol. The van der Waals surface area contributed by atoms with E-state index < -0.39 is 18.0 Å². The van der Waals surface area contributed by atoms with Gasteiger partial charge in [-0.1, -0.05) is 437 Å². The van der Waals surface area contributed by atoms with Gasteiger partial charge < -0.3 is 10.2 Å². The average Bonchev–Trinajstić information content (AvgIpc) is 4.46. The molecule has 1 fully saturated rings. The lowest BCUT2D eigenvalue weighted by Gasteiger charge is -2.19. The van der Waals surface area contributed by atoms with Gasteiger partial charge in [0.15, 0.2) is 0 Å². The number of carboxylic acids is 1. The maximum atomic E-state index is 11.9. The summed E-state index contributed by atoms with van der Waals surface area (Å²) in [5, 5.41) is 20.5. The summed E-state index contributed by atoms with van der Waals surface area (Å²) < 4.78 is 0. The van der Waals surface area contributed by atoms with Gasteiger partial charge in [0.05, 0.1) is 12.0 Å². The first-order valence-corrected chi connectivity index (χ1v) is 39.6. The minimum atomic E-state index is -0.800. The van der Waals surface area contributed by atoms with Gasteiger partial charge in [0.25, 0.3) is 0 Å². The molecule has 0 aromatic carbocycles. The van der Waals surface area contributed by atoms with Crippen molar-refractivity contribution >= 4 is 5.97 Å². The fourth-order valence-corrected chi connectivity index (χ4v) is 14.1. The van der Waals surface area contributed by atoms with Gasteiger partial charge in [0.2, 0.25) is 0 Å². The third kappa shape index (κ3) is 61.2. The SMILES string of the molecule is CCCCCCCCCCCCCCCCCCCCCCC(C(=O)O)C(O)CCCCCCCCCCCCCCCCCC(C)C=CCCCCCCCCCCCCCC1CC1CCCCCCCCCCCCCCCCCC. The zero-order chi connectivity index (χ0) is 59.7. The van der Waals surface area contributed by atoms with Gasteiger partial charge in [0, 0.05) is 0 Å². The van der Waals surface area contributed by atoms with E-state index in [2.05, 4.69) is 32.9 Å². The molecule has 0 saturated heterocycles. The Morgan fingerprint density at radius 1 is 0.325 bits per heavy atom. The van der Waals surface area contributed by atoms with E-state index in [1.54, 1.807) is 19.3 Å². The number of aliphatic carboxylic acids is 1. The molecule has 0 spiro atoms. The second kappa shape index (κ2) is 67.1. The molecular weight excluding hydrogens is 1010 g/mol. The van der Waals surface area contributed by atoms with Crippen LogP contribution in [0, 0.1) is 23.7 Å². The van der Waals surface area contributed by atoms with E-state index in [1.807, 2.05) is 0 Å². The molecule has 2 N–H and O–H groups in total. The molecule has 3 heteroatoms. The Hall–Kier alpha value is -0.830. The van der Waals surface area contributed by atoms with Crippen LogP contribution in [0.3, 0.4) is 0 Å². The fourth-order valence-electron chi connectivity index (χ4n) is 14.1. The van der Waals surface area contributed by atoms with Gasteiger partial charge in [-0.25, -0.2) is 0 Å². The first kappa shape index (κ1) is 80.2. The molecule has 83 heavy (non-hydrogen) atoms. The van der Waals surface area contributed by atoms with Gasteiger partial charge in [-0.3, -0.25) is 4.79 Å². The smallest absolute Gasteiger partial charge is 0.309 e. The predicted molar refractivity (Wildman–Crippen MR) is 372 cm³/mol. The molecule has 1 rings (SSSR count). The Labute approximate surface area is 524 Å². The third-order valence-electron chi connectivity index (χ3n) is 20.2. The molecule has 0 radical (unpaired) electrons. The summed E-state index contributed by atoms with van der Waals surface area (Å²) in [4.78, 5) is 11.9. The van der Waals surface area contributed by atoms with Crippen LogP contribution in [0.5, 0.6) is 0 Å². The molecule has 1 saturated carbocycles. The van der Waals surface area contributed by atoms with Gasteiger partial charge in [0.1, 0.15) is 0 Å². The normalized spacial score (nSPS) is 15.5. The highest BCUT2D eigenvalue weighted by atomic mass is 16.4. The first-order valence-electron chi connectivity index (χ1n) is 39.6. The second-order valence-electron chi connectivity index (χ2n) is 28.6. The topological polar surface area (TPSA) is 57.5 Å². The van der Waals surface area contributed by atoms with Crippen LogP contribution in [0.4, 0.5) is 0 Å². The zero-order valence-corrected chi connectivity index (χ0v) is 57.6. The van der Waals surface area contributed by atoms with Crippen molar-refractivity contribution in [3.63, 3.8) is 0 Å². The van der Waals surface area contributed by atoms with Crippen LogP contribution in [-0.2, 0) is 4.79 Å². The van der Waals surface area contributed by atoms with Crippen LogP contribution in [0.2, 0.25) is 0 Å². The monoisotopic (exact) mass is 1170 g/mol. The summed E-state index contributed by atoms with van der Waals surface area (Å²) >= 11 is 0. The molecule has 1 aliphatic carbocycles. The maximum absolute atomic E-state index is 11.9. The van der Waals surface area contributed by atoms with E-state index in [4.69, 9.17) is 0 Å². The maximum Gasteiger partial charge on any atom is 0.309 e. The molecule has 0 aromatic rings. The number of unbranched alkanes of at least 4 members (excludes halogenated alkanes) is 59. The second-order valence-corrected chi connectivity index (χ2v) is 28.6. The first-order chi connectivity index (χ1) is 41.0. The lowest BCUT2D eigenvalue weighted by molar-refractivity contribution is -0.146. The summed E-state index contributed by atoms with van der Waals surface area (Å²) in [6.07, 6.45) is 99.7. The Kier molecular flexibility index (Phi) is 64.8. The highest BCUT2D eigenvalue weighted by Crippen LogP contribution is 2.46. The number of aliphatic hydroxyl groups is 1. The standard InChI is InChI=1S/C80H156O3/c1-4-6-8-10-12-14-16-18-20-22-23-24-25-29-36-42-48-54-60-66-72-78(80(82)83)79(81)73-67-61-55-49-43-37-30-26-27-32-38-44-50-56-62-68-75(3)69-63-57-51-45-39-33-31-35-41-47-53-59-65-71-77-74-76(77)70-64-58-52-46-40-34-28-21-19-17-15-13-11-9-7-5-2/h63,69,75-79,81H,4-62,64-68,70-74H2,1-3H3,(H,82,83). The number of hydrogen-bond acceptors (Lipinski definition) is 2. The molecule has 0 heterocycles. The number of hydrogen-bond donors (Lipinski definition) is 2. The minimum Gasteiger partial charge on any atom is -0.481 e.